The zero-order chi connectivity index (χ0) is 11.5. The molecule has 1 aromatic rings. The molecule has 0 saturated heterocycles. The number of carbonyl (C=O) groups excluding carboxylic acids is 1. The highest BCUT2D eigenvalue weighted by molar-refractivity contribution is 5.93. The zero-order valence-corrected chi connectivity index (χ0v) is 9.62. The predicted octanol–water partition coefficient (Wildman–Crippen LogP) is 2.71. The standard InChI is InChI=1S/C13H18N2O/c1-9-6-7-11(8-12(9)14)15-13(16)10-4-2-3-5-10/h6-8,10H,2-5,14H2,1H3,(H,15,16). The first-order valence-corrected chi connectivity index (χ1v) is 5.84. The summed E-state index contributed by atoms with van der Waals surface area (Å²) in [6.07, 6.45) is 4.39. The Morgan fingerprint density at radius 3 is 2.69 bits per heavy atom. The predicted molar refractivity (Wildman–Crippen MR) is 66.2 cm³/mol. The van der Waals surface area contributed by atoms with Gasteiger partial charge in [0.05, 0.1) is 0 Å². The SMILES string of the molecule is Cc1ccc(NC(=O)C2CCCC2)cc1N. The van der Waals surface area contributed by atoms with E-state index in [1.807, 2.05) is 25.1 Å². The van der Waals surface area contributed by atoms with Crippen LogP contribution in [0.4, 0.5) is 11.4 Å². The fourth-order valence-electron chi connectivity index (χ4n) is 2.15. The van der Waals surface area contributed by atoms with Crippen LogP contribution in [-0.2, 0) is 4.79 Å². The molecule has 1 aliphatic carbocycles. The molecule has 0 bridgehead atoms. The maximum Gasteiger partial charge on any atom is 0.227 e. The van der Waals surface area contributed by atoms with Crippen LogP contribution in [0.3, 0.4) is 0 Å². The van der Waals surface area contributed by atoms with E-state index < -0.39 is 0 Å². The number of rotatable bonds is 2. The van der Waals surface area contributed by atoms with E-state index in [2.05, 4.69) is 5.32 Å². The molecular weight excluding hydrogens is 200 g/mol. The van der Waals surface area contributed by atoms with Crippen LogP contribution in [-0.4, -0.2) is 5.91 Å². The van der Waals surface area contributed by atoms with Crippen molar-refractivity contribution >= 4 is 17.3 Å². The quantitative estimate of drug-likeness (QED) is 0.750. The Labute approximate surface area is 96.0 Å². The van der Waals surface area contributed by atoms with Crippen LogP contribution < -0.4 is 11.1 Å². The van der Waals surface area contributed by atoms with E-state index in [1.54, 1.807) is 0 Å². The molecule has 1 aromatic carbocycles. The van der Waals surface area contributed by atoms with Crippen molar-refractivity contribution in [1.82, 2.24) is 0 Å². The van der Waals surface area contributed by atoms with Crippen LogP contribution in [0.1, 0.15) is 31.2 Å². The Bertz CT molecular complexity index is 395. The van der Waals surface area contributed by atoms with Gasteiger partial charge in [-0.2, -0.15) is 0 Å². The summed E-state index contributed by atoms with van der Waals surface area (Å²) in [4.78, 5) is 11.9. The summed E-state index contributed by atoms with van der Waals surface area (Å²) < 4.78 is 0. The molecule has 3 heteroatoms. The average Bonchev–Trinajstić information content (AvgIpc) is 2.77. The van der Waals surface area contributed by atoms with Crippen LogP contribution in [0.25, 0.3) is 0 Å². The fraction of sp³-hybridized carbons (Fsp3) is 0.462. The second kappa shape index (κ2) is 4.56. The second-order valence-corrected chi connectivity index (χ2v) is 4.54. The first kappa shape index (κ1) is 11.0. The van der Waals surface area contributed by atoms with E-state index in [4.69, 9.17) is 5.73 Å². The lowest BCUT2D eigenvalue weighted by Crippen LogP contribution is -2.20. The minimum Gasteiger partial charge on any atom is -0.398 e. The van der Waals surface area contributed by atoms with Crippen molar-refractivity contribution in [1.29, 1.82) is 0 Å². The number of nitrogen functional groups attached to an aromatic ring is 1. The third-order valence-corrected chi connectivity index (χ3v) is 3.27. The Morgan fingerprint density at radius 2 is 2.06 bits per heavy atom. The lowest BCUT2D eigenvalue weighted by molar-refractivity contribution is -0.119. The van der Waals surface area contributed by atoms with Gasteiger partial charge in [-0.1, -0.05) is 18.9 Å². The Morgan fingerprint density at radius 1 is 1.38 bits per heavy atom. The van der Waals surface area contributed by atoms with Gasteiger partial charge in [0, 0.05) is 17.3 Å². The third kappa shape index (κ3) is 2.35. The summed E-state index contributed by atoms with van der Waals surface area (Å²) in [6, 6.07) is 5.65. The largest absolute Gasteiger partial charge is 0.398 e. The van der Waals surface area contributed by atoms with E-state index in [9.17, 15) is 4.79 Å². The molecular formula is C13H18N2O. The van der Waals surface area contributed by atoms with Gasteiger partial charge in [-0.3, -0.25) is 4.79 Å². The van der Waals surface area contributed by atoms with Crippen molar-refractivity contribution in [2.45, 2.75) is 32.6 Å². The van der Waals surface area contributed by atoms with Gasteiger partial charge in [-0.25, -0.2) is 0 Å². The molecule has 2 rings (SSSR count). The fourth-order valence-corrected chi connectivity index (χ4v) is 2.15. The van der Waals surface area contributed by atoms with Crippen LogP contribution in [0, 0.1) is 12.8 Å². The normalized spacial score (nSPS) is 16.3. The number of anilines is 2. The van der Waals surface area contributed by atoms with E-state index in [1.165, 1.54) is 12.8 Å². The zero-order valence-electron chi connectivity index (χ0n) is 9.62. The summed E-state index contributed by atoms with van der Waals surface area (Å²) in [5, 5.41) is 2.93. The molecule has 3 N–H and O–H groups in total. The van der Waals surface area contributed by atoms with Crippen LogP contribution in [0.15, 0.2) is 18.2 Å². The number of hydrogen-bond donors (Lipinski definition) is 2. The van der Waals surface area contributed by atoms with Crippen molar-refractivity contribution in [2.24, 2.45) is 5.92 Å². The molecule has 0 unspecified atom stereocenters. The van der Waals surface area contributed by atoms with Crippen molar-refractivity contribution in [2.75, 3.05) is 11.1 Å². The minimum atomic E-state index is 0.140. The molecule has 0 aliphatic heterocycles. The number of aryl methyl sites for hydroxylation is 1. The van der Waals surface area contributed by atoms with Gasteiger partial charge in [-0.15, -0.1) is 0 Å². The summed E-state index contributed by atoms with van der Waals surface area (Å²) in [6.45, 7) is 1.96. The van der Waals surface area contributed by atoms with Crippen molar-refractivity contribution in [3.63, 3.8) is 0 Å². The van der Waals surface area contributed by atoms with Gasteiger partial charge in [0.25, 0.3) is 0 Å². The number of carbonyl (C=O) groups is 1. The molecule has 1 fully saturated rings. The molecule has 3 nitrogen and oxygen atoms in total. The van der Waals surface area contributed by atoms with E-state index in [0.29, 0.717) is 0 Å². The van der Waals surface area contributed by atoms with Crippen molar-refractivity contribution in [3.8, 4) is 0 Å². The van der Waals surface area contributed by atoms with Gasteiger partial charge < -0.3 is 11.1 Å². The Hall–Kier alpha value is -1.51. The highest BCUT2D eigenvalue weighted by atomic mass is 16.1. The molecule has 0 aromatic heterocycles. The number of nitrogens with two attached hydrogens (primary N) is 1. The summed E-state index contributed by atoms with van der Waals surface area (Å²) in [5.41, 5.74) is 8.37. The molecule has 1 aliphatic rings. The van der Waals surface area contributed by atoms with Crippen molar-refractivity contribution < 1.29 is 4.79 Å². The van der Waals surface area contributed by atoms with Crippen LogP contribution >= 0.6 is 0 Å². The van der Waals surface area contributed by atoms with Crippen molar-refractivity contribution in [3.05, 3.63) is 23.8 Å². The molecule has 0 spiro atoms. The minimum absolute atomic E-state index is 0.140. The highest BCUT2D eigenvalue weighted by Gasteiger charge is 2.22. The number of nitrogens with one attached hydrogen (secondary N) is 1. The van der Waals surface area contributed by atoms with E-state index in [-0.39, 0.29) is 11.8 Å². The maximum atomic E-state index is 11.9. The molecule has 1 amide bonds. The topological polar surface area (TPSA) is 55.1 Å². The number of benzene rings is 1. The highest BCUT2D eigenvalue weighted by Crippen LogP contribution is 2.26. The number of amides is 1. The lowest BCUT2D eigenvalue weighted by atomic mass is 10.1. The summed E-state index contributed by atoms with van der Waals surface area (Å²) >= 11 is 0. The monoisotopic (exact) mass is 218 g/mol. The maximum absolute atomic E-state index is 11.9. The molecule has 0 heterocycles. The van der Waals surface area contributed by atoms with Gasteiger partial charge in [-0.05, 0) is 37.5 Å². The lowest BCUT2D eigenvalue weighted by Gasteiger charge is -2.11. The van der Waals surface area contributed by atoms with Gasteiger partial charge in [0.2, 0.25) is 5.91 Å². The molecule has 1 saturated carbocycles. The van der Waals surface area contributed by atoms with Gasteiger partial charge in [0.1, 0.15) is 0 Å². The number of hydrogen-bond acceptors (Lipinski definition) is 2. The smallest absolute Gasteiger partial charge is 0.227 e. The van der Waals surface area contributed by atoms with E-state index >= 15 is 0 Å². The molecule has 86 valence electrons. The van der Waals surface area contributed by atoms with E-state index in [0.717, 1.165) is 29.8 Å². The molecule has 0 atom stereocenters. The molecule has 0 radical (unpaired) electrons. The van der Waals surface area contributed by atoms with Crippen LogP contribution in [0.2, 0.25) is 0 Å². The Balaban J connectivity index is 2.02. The third-order valence-electron chi connectivity index (χ3n) is 3.27. The first-order valence-electron chi connectivity index (χ1n) is 5.84. The average molecular weight is 218 g/mol. The van der Waals surface area contributed by atoms with Gasteiger partial charge in [0.15, 0.2) is 0 Å². The van der Waals surface area contributed by atoms with Crippen LogP contribution in [0.5, 0.6) is 0 Å². The first-order chi connectivity index (χ1) is 7.66. The van der Waals surface area contributed by atoms with Gasteiger partial charge >= 0.3 is 0 Å². The summed E-state index contributed by atoms with van der Waals surface area (Å²) in [7, 11) is 0. The Kier molecular flexibility index (Phi) is 3.13. The second-order valence-electron chi connectivity index (χ2n) is 4.54. The molecule has 16 heavy (non-hydrogen) atoms. The summed E-state index contributed by atoms with van der Waals surface area (Å²) in [5.74, 6) is 0.336.